The van der Waals surface area contributed by atoms with Crippen molar-refractivity contribution in [3.05, 3.63) is 58.7 Å². The minimum absolute atomic E-state index is 0.300. The van der Waals surface area contributed by atoms with Gasteiger partial charge in [-0.1, -0.05) is 17.7 Å². The van der Waals surface area contributed by atoms with Crippen LogP contribution in [0.4, 0.5) is 5.82 Å². The number of carbonyl (C=O) groups is 1. The maximum atomic E-state index is 11.3. The van der Waals surface area contributed by atoms with Gasteiger partial charge in [-0.25, -0.2) is 4.98 Å². The second-order valence-electron chi connectivity index (χ2n) is 8.38. The van der Waals surface area contributed by atoms with Gasteiger partial charge in [0.2, 0.25) is 0 Å². The normalized spacial score (nSPS) is 19.6. The highest BCUT2D eigenvalue weighted by molar-refractivity contribution is 6.31. The number of fused-ring (bicyclic) bond motifs is 1. The number of hydrogen-bond donors (Lipinski definition) is 0. The van der Waals surface area contributed by atoms with Crippen LogP contribution in [0.3, 0.4) is 0 Å². The van der Waals surface area contributed by atoms with E-state index >= 15 is 0 Å². The van der Waals surface area contributed by atoms with Crippen molar-refractivity contribution in [2.45, 2.75) is 46.3 Å². The molecule has 6 nitrogen and oxygen atoms in total. The van der Waals surface area contributed by atoms with Crippen LogP contribution in [0.2, 0.25) is 5.02 Å². The standard InChI is InChI=1S/C24H27ClN4O2/c1-15-7-19(9-21(8-15)31-18(4)30)14-29-16(2)12-28(13-17(29)3)24-11-26-23-10-20(25)5-6-22(23)27-24/h5-11,16-17H,12-14H2,1-4H3/t16-,17+. The molecule has 2 heterocycles. The lowest BCUT2D eigenvalue weighted by atomic mass is 10.0. The summed E-state index contributed by atoms with van der Waals surface area (Å²) in [5.74, 6) is 1.19. The molecule has 2 atom stereocenters. The van der Waals surface area contributed by atoms with Crippen molar-refractivity contribution in [3.8, 4) is 5.75 Å². The van der Waals surface area contributed by atoms with Crippen molar-refractivity contribution in [3.63, 3.8) is 0 Å². The van der Waals surface area contributed by atoms with E-state index < -0.39 is 0 Å². The second kappa shape index (κ2) is 8.81. The first-order valence-corrected chi connectivity index (χ1v) is 10.9. The molecule has 1 aliphatic rings. The Morgan fingerprint density at radius 2 is 1.87 bits per heavy atom. The summed E-state index contributed by atoms with van der Waals surface area (Å²) >= 11 is 6.06. The minimum atomic E-state index is -0.300. The summed E-state index contributed by atoms with van der Waals surface area (Å²) in [4.78, 5) is 25.5. The van der Waals surface area contributed by atoms with E-state index in [1.807, 2.05) is 43.5 Å². The van der Waals surface area contributed by atoms with Gasteiger partial charge in [0.05, 0.1) is 17.2 Å². The average molecular weight is 439 g/mol. The Morgan fingerprint density at radius 1 is 1.13 bits per heavy atom. The van der Waals surface area contributed by atoms with Gasteiger partial charge in [0, 0.05) is 43.7 Å². The number of aromatic nitrogens is 2. The molecule has 1 saturated heterocycles. The maximum absolute atomic E-state index is 11.3. The summed E-state index contributed by atoms with van der Waals surface area (Å²) in [6.45, 7) is 10.4. The number of hydrogen-bond acceptors (Lipinski definition) is 6. The van der Waals surface area contributed by atoms with Crippen molar-refractivity contribution in [2.24, 2.45) is 0 Å². The summed E-state index contributed by atoms with van der Waals surface area (Å²) < 4.78 is 5.31. The first-order chi connectivity index (χ1) is 14.8. The monoisotopic (exact) mass is 438 g/mol. The van der Waals surface area contributed by atoms with Gasteiger partial charge < -0.3 is 9.64 Å². The van der Waals surface area contributed by atoms with E-state index in [-0.39, 0.29) is 5.97 Å². The first kappa shape index (κ1) is 21.5. The smallest absolute Gasteiger partial charge is 0.308 e. The van der Waals surface area contributed by atoms with Crippen LogP contribution in [0, 0.1) is 6.92 Å². The van der Waals surface area contributed by atoms with Crippen LogP contribution >= 0.6 is 11.6 Å². The molecule has 31 heavy (non-hydrogen) atoms. The molecule has 0 spiro atoms. The zero-order valence-corrected chi connectivity index (χ0v) is 19.1. The largest absolute Gasteiger partial charge is 0.427 e. The molecule has 7 heteroatoms. The Bertz CT molecular complexity index is 1110. The van der Waals surface area contributed by atoms with Gasteiger partial charge in [0.25, 0.3) is 0 Å². The van der Waals surface area contributed by atoms with E-state index in [0.29, 0.717) is 22.9 Å². The number of halogens is 1. The molecular weight excluding hydrogens is 412 g/mol. The van der Waals surface area contributed by atoms with E-state index in [4.69, 9.17) is 21.3 Å². The van der Waals surface area contributed by atoms with Crippen molar-refractivity contribution in [1.29, 1.82) is 0 Å². The Balaban J connectivity index is 1.50. The van der Waals surface area contributed by atoms with E-state index in [1.165, 1.54) is 6.92 Å². The molecule has 0 N–H and O–H groups in total. The second-order valence-corrected chi connectivity index (χ2v) is 8.82. The minimum Gasteiger partial charge on any atom is -0.427 e. The molecule has 0 amide bonds. The van der Waals surface area contributed by atoms with Crippen LogP contribution in [0.5, 0.6) is 5.75 Å². The number of anilines is 1. The molecule has 2 aromatic carbocycles. The summed E-state index contributed by atoms with van der Waals surface area (Å²) in [5, 5.41) is 0.665. The van der Waals surface area contributed by atoms with Crippen LogP contribution in [0.25, 0.3) is 11.0 Å². The Kier molecular flexibility index (Phi) is 6.12. The van der Waals surface area contributed by atoms with Gasteiger partial charge in [-0.3, -0.25) is 14.7 Å². The maximum Gasteiger partial charge on any atom is 0.308 e. The predicted molar refractivity (Wildman–Crippen MR) is 124 cm³/mol. The fourth-order valence-electron chi connectivity index (χ4n) is 4.33. The molecule has 162 valence electrons. The topological polar surface area (TPSA) is 58.6 Å². The van der Waals surface area contributed by atoms with Gasteiger partial charge in [-0.2, -0.15) is 0 Å². The highest BCUT2D eigenvalue weighted by atomic mass is 35.5. The van der Waals surface area contributed by atoms with E-state index in [0.717, 1.165) is 47.6 Å². The number of aryl methyl sites for hydroxylation is 1. The fourth-order valence-corrected chi connectivity index (χ4v) is 4.50. The predicted octanol–water partition coefficient (Wildman–Crippen LogP) is 4.62. The summed E-state index contributed by atoms with van der Waals surface area (Å²) in [7, 11) is 0. The van der Waals surface area contributed by atoms with Crippen molar-refractivity contribution in [2.75, 3.05) is 18.0 Å². The third-order valence-corrected chi connectivity index (χ3v) is 5.89. The number of ether oxygens (including phenoxy) is 1. The Hall–Kier alpha value is -2.70. The highest BCUT2D eigenvalue weighted by Gasteiger charge is 2.30. The van der Waals surface area contributed by atoms with Gasteiger partial charge in [0.15, 0.2) is 0 Å². The Labute approximate surface area is 187 Å². The average Bonchev–Trinajstić information content (AvgIpc) is 2.69. The van der Waals surface area contributed by atoms with E-state index in [2.05, 4.69) is 34.7 Å². The highest BCUT2D eigenvalue weighted by Crippen LogP contribution is 2.26. The molecule has 3 aromatic rings. The van der Waals surface area contributed by atoms with Crippen LogP contribution in [-0.2, 0) is 11.3 Å². The lowest BCUT2D eigenvalue weighted by molar-refractivity contribution is -0.131. The quantitative estimate of drug-likeness (QED) is 0.437. The zero-order valence-electron chi connectivity index (χ0n) is 18.3. The van der Waals surface area contributed by atoms with Crippen molar-refractivity contribution in [1.82, 2.24) is 14.9 Å². The molecular formula is C24H27ClN4O2. The molecule has 1 aliphatic heterocycles. The molecule has 0 radical (unpaired) electrons. The number of esters is 1. The number of rotatable bonds is 4. The summed E-state index contributed by atoms with van der Waals surface area (Å²) in [6, 6.07) is 12.2. The van der Waals surface area contributed by atoms with Crippen molar-refractivity contribution >= 4 is 34.4 Å². The van der Waals surface area contributed by atoms with Crippen molar-refractivity contribution < 1.29 is 9.53 Å². The van der Waals surface area contributed by atoms with E-state index in [9.17, 15) is 4.79 Å². The van der Waals surface area contributed by atoms with Gasteiger partial charge in [-0.15, -0.1) is 0 Å². The number of piperazine rings is 1. The van der Waals surface area contributed by atoms with Gasteiger partial charge >= 0.3 is 5.97 Å². The molecule has 0 unspecified atom stereocenters. The molecule has 4 rings (SSSR count). The third-order valence-electron chi connectivity index (χ3n) is 5.65. The summed E-state index contributed by atoms with van der Waals surface area (Å²) in [5.41, 5.74) is 3.88. The van der Waals surface area contributed by atoms with Crippen LogP contribution < -0.4 is 9.64 Å². The first-order valence-electron chi connectivity index (χ1n) is 10.5. The number of carbonyl (C=O) groups excluding carboxylic acids is 1. The molecule has 1 aromatic heterocycles. The molecule has 0 saturated carbocycles. The summed E-state index contributed by atoms with van der Waals surface area (Å²) in [6.07, 6.45) is 1.83. The van der Waals surface area contributed by atoms with Gasteiger partial charge in [-0.05, 0) is 62.2 Å². The van der Waals surface area contributed by atoms with Crippen LogP contribution in [0.1, 0.15) is 31.9 Å². The Morgan fingerprint density at radius 3 is 2.58 bits per heavy atom. The van der Waals surface area contributed by atoms with Crippen LogP contribution in [-0.4, -0.2) is 46.0 Å². The molecule has 1 fully saturated rings. The number of nitrogens with zero attached hydrogens (tertiary/aromatic N) is 4. The van der Waals surface area contributed by atoms with Crippen LogP contribution in [0.15, 0.2) is 42.6 Å². The van der Waals surface area contributed by atoms with E-state index in [1.54, 1.807) is 0 Å². The zero-order chi connectivity index (χ0) is 22.1. The number of benzene rings is 2. The molecule has 0 bridgehead atoms. The lowest BCUT2D eigenvalue weighted by Gasteiger charge is -2.45. The lowest BCUT2D eigenvalue weighted by Crippen LogP contribution is -2.56. The molecule has 0 aliphatic carbocycles. The third kappa shape index (κ3) is 4.97. The van der Waals surface area contributed by atoms with Gasteiger partial charge in [0.1, 0.15) is 11.6 Å². The fraction of sp³-hybridized carbons (Fsp3) is 0.375. The SMILES string of the molecule is CC(=O)Oc1cc(C)cc(CN2[C@H](C)CN(c3cnc4cc(Cl)ccc4n3)C[C@@H]2C)c1.